The van der Waals surface area contributed by atoms with E-state index >= 15 is 0 Å². The van der Waals surface area contributed by atoms with Gasteiger partial charge < -0.3 is 11.1 Å². The van der Waals surface area contributed by atoms with Crippen LogP contribution in [0.1, 0.15) is 18.2 Å². The Morgan fingerprint density at radius 3 is 3.00 bits per heavy atom. The largest absolute Gasteiger partial charge is 0.351 e. The molecule has 1 heterocycles. The van der Waals surface area contributed by atoms with Gasteiger partial charge >= 0.3 is 0 Å². The molecule has 3 nitrogen and oxygen atoms in total. The van der Waals surface area contributed by atoms with E-state index in [2.05, 4.69) is 21.2 Å². The van der Waals surface area contributed by atoms with Gasteiger partial charge in [-0.2, -0.15) is 0 Å². The molecule has 0 saturated heterocycles. The molecule has 0 aliphatic heterocycles. The minimum absolute atomic E-state index is 0.0671. The molecule has 1 atom stereocenters. The Bertz CT molecular complexity index is 327. The summed E-state index contributed by atoms with van der Waals surface area (Å²) in [6.45, 7) is 3.13. The maximum Gasteiger partial charge on any atom is 0.220 e. The summed E-state index contributed by atoms with van der Waals surface area (Å²) in [5.74, 6) is 0.317. The molecule has 0 aromatic carbocycles. The number of hydrogen-bond acceptors (Lipinski definition) is 3. The minimum atomic E-state index is 0.0671. The van der Waals surface area contributed by atoms with Crippen molar-refractivity contribution in [2.24, 2.45) is 11.7 Å². The predicted molar refractivity (Wildman–Crippen MR) is 66.7 cm³/mol. The van der Waals surface area contributed by atoms with E-state index in [1.54, 1.807) is 11.3 Å². The van der Waals surface area contributed by atoms with E-state index in [9.17, 15) is 4.79 Å². The van der Waals surface area contributed by atoms with Crippen molar-refractivity contribution in [3.63, 3.8) is 0 Å². The second-order valence-corrected chi connectivity index (χ2v) is 5.46. The van der Waals surface area contributed by atoms with Crippen LogP contribution in [0, 0.1) is 5.92 Å². The third kappa shape index (κ3) is 4.77. The third-order valence-electron chi connectivity index (χ3n) is 2.02. The van der Waals surface area contributed by atoms with Gasteiger partial charge in [-0.3, -0.25) is 4.79 Å². The van der Waals surface area contributed by atoms with Gasteiger partial charge in [-0.25, -0.2) is 0 Å². The van der Waals surface area contributed by atoms with Crippen LogP contribution < -0.4 is 11.1 Å². The predicted octanol–water partition coefficient (Wildman–Crippen LogP) is 2.11. The van der Waals surface area contributed by atoms with Gasteiger partial charge in [0, 0.05) is 21.2 Å². The molecular formula is C10H15BrN2OS. The molecule has 1 amide bonds. The number of thiophene rings is 1. The van der Waals surface area contributed by atoms with Crippen LogP contribution in [0.25, 0.3) is 0 Å². The first-order valence-electron chi connectivity index (χ1n) is 4.81. The second kappa shape index (κ2) is 6.25. The van der Waals surface area contributed by atoms with Crippen molar-refractivity contribution in [2.75, 3.05) is 6.54 Å². The van der Waals surface area contributed by atoms with Gasteiger partial charge in [-0.15, -0.1) is 11.3 Å². The molecule has 1 unspecified atom stereocenters. The Morgan fingerprint density at radius 2 is 2.47 bits per heavy atom. The second-order valence-electron chi connectivity index (χ2n) is 3.55. The van der Waals surface area contributed by atoms with Crippen LogP contribution in [-0.2, 0) is 11.3 Å². The van der Waals surface area contributed by atoms with E-state index in [1.807, 2.05) is 18.4 Å². The van der Waals surface area contributed by atoms with Crippen LogP contribution in [0.3, 0.4) is 0 Å². The van der Waals surface area contributed by atoms with Gasteiger partial charge in [0.2, 0.25) is 5.91 Å². The number of hydrogen-bond donors (Lipinski definition) is 2. The van der Waals surface area contributed by atoms with E-state index < -0.39 is 0 Å². The highest BCUT2D eigenvalue weighted by atomic mass is 79.9. The topological polar surface area (TPSA) is 55.1 Å². The summed E-state index contributed by atoms with van der Waals surface area (Å²) in [7, 11) is 0. The van der Waals surface area contributed by atoms with Crippen molar-refractivity contribution in [3.8, 4) is 0 Å². The molecular weight excluding hydrogens is 276 g/mol. The first-order chi connectivity index (χ1) is 7.11. The molecule has 0 aliphatic rings. The average molecular weight is 291 g/mol. The Morgan fingerprint density at radius 1 is 1.73 bits per heavy atom. The number of nitrogens with one attached hydrogen (secondary N) is 1. The zero-order valence-corrected chi connectivity index (χ0v) is 11.0. The number of carbonyl (C=O) groups is 1. The van der Waals surface area contributed by atoms with Gasteiger partial charge in [0.15, 0.2) is 0 Å². The van der Waals surface area contributed by atoms with Crippen LogP contribution in [0.5, 0.6) is 0 Å². The molecule has 84 valence electrons. The summed E-state index contributed by atoms with van der Waals surface area (Å²) in [5, 5.41) is 4.88. The molecule has 1 rings (SSSR count). The fourth-order valence-electron chi connectivity index (χ4n) is 1.10. The lowest BCUT2D eigenvalue weighted by Gasteiger charge is -2.08. The molecule has 1 aromatic heterocycles. The van der Waals surface area contributed by atoms with Gasteiger partial charge in [0.1, 0.15) is 0 Å². The zero-order chi connectivity index (χ0) is 11.3. The number of halogens is 1. The maximum absolute atomic E-state index is 11.4. The average Bonchev–Trinajstić information content (AvgIpc) is 2.61. The quantitative estimate of drug-likeness (QED) is 0.873. The van der Waals surface area contributed by atoms with E-state index in [4.69, 9.17) is 5.73 Å². The van der Waals surface area contributed by atoms with Gasteiger partial charge in [-0.1, -0.05) is 6.92 Å². The molecule has 0 fully saturated rings. The van der Waals surface area contributed by atoms with Crippen molar-refractivity contribution in [1.29, 1.82) is 0 Å². The summed E-state index contributed by atoms with van der Waals surface area (Å²) in [4.78, 5) is 12.6. The van der Waals surface area contributed by atoms with Gasteiger partial charge in [-0.05, 0) is 34.5 Å². The molecule has 0 aliphatic carbocycles. The first-order valence-corrected chi connectivity index (χ1v) is 6.48. The standard InChI is InChI=1S/C10H15BrN2OS/c1-7(4-12)2-10(14)13-5-9-3-8(11)6-15-9/h3,6-7H,2,4-5,12H2,1H3,(H,13,14). The molecule has 0 radical (unpaired) electrons. The third-order valence-corrected chi connectivity index (χ3v) is 3.72. The Labute approximate surface area is 102 Å². The van der Waals surface area contributed by atoms with Crippen molar-refractivity contribution >= 4 is 33.2 Å². The fraction of sp³-hybridized carbons (Fsp3) is 0.500. The monoisotopic (exact) mass is 290 g/mol. The number of rotatable bonds is 5. The van der Waals surface area contributed by atoms with Crippen molar-refractivity contribution in [1.82, 2.24) is 5.32 Å². The summed E-state index contributed by atoms with van der Waals surface area (Å²) >= 11 is 5.00. The van der Waals surface area contributed by atoms with Gasteiger partial charge in [0.25, 0.3) is 0 Å². The summed E-state index contributed by atoms with van der Waals surface area (Å²) in [5.41, 5.74) is 5.45. The van der Waals surface area contributed by atoms with Crippen LogP contribution in [0.2, 0.25) is 0 Å². The Kier molecular flexibility index (Phi) is 5.28. The summed E-state index contributed by atoms with van der Waals surface area (Å²) < 4.78 is 1.06. The van der Waals surface area contributed by atoms with Gasteiger partial charge in [0.05, 0.1) is 6.54 Å². The lowest BCUT2D eigenvalue weighted by atomic mass is 10.1. The zero-order valence-electron chi connectivity index (χ0n) is 8.63. The molecule has 0 saturated carbocycles. The van der Waals surface area contributed by atoms with E-state index in [0.29, 0.717) is 19.5 Å². The van der Waals surface area contributed by atoms with E-state index in [1.165, 1.54) is 0 Å². The molecule has 15 heavy (non-hydrogen) atoms. The summed E-state index contributed by atoms with van der Waals surface area (Å²) in [6.07, 6.45) is 0.503. The smallest absolute Gasteiger partial charge is 0.220 e. The number of carbonyl (C=O) groups excluding carboxylic acids is 1. The SMILES string of the molecule is CC(CN)CC(=O)NCc1cc(Br)cs1. The Hall–Kier alpha value is -0.390. The van der Waals surface area contributed by atoms with Crippen molar-refractivity contribution in [2.45, 2.75) is 19.9 Å². The molecule has 3 N–H and O–H groups in total. The molecule has 0 bridgehead atoms. The van der Waals surface area contributed by atoms with Crippen molar-refractivity contribution in [3.05, 3.63) is 20.8 Å². The summed E-state index contributed by atoms with van der Waals surface area (Å²) in [6, 6.07) is 2.01. The normalized spacial score (nSPS) is 12.5. The highest BCUT2D eigenvalue weighted by Gasteiger charge is 2.07. The van der Waals surface area contributed by atoms with Crippen LogP contribution in [0.4, 0.5) is 0 Å². The maximum atomic E-state index is 11.4. The lowest BCUT2D eigenvalue weighted by Crippen LogP contribution is -2.26. The highest BCUT2D eigenvalue weighted by molar-refractivity contribution is 9.10. The first kappa shape index (κ1) is 12.7. The lowest BCUT2D eigenvalue weighted by molar-refractivity contribution is -0.122. The molecule has 5 heteroatoms. The number of amides is 1. The molecule has 1 aromatic rings. The van der Waals surface area contributed by atoms with E-state index in [0.717, 1.165) is 9.35 Å². The number of nitrogens with two attached hydrogens (primary N) is 1. The fourth-order valence-corrected chi connectivity index (χ4v) is 2.49. The minimum Gasteiger partial charge on any atom is -0.351 e. The van der Waals surface area contributed by atoms with Crippen LogP contribution in [-0.4, -0.2) is 12.5 Å². The van der Waals surface area contributed by atoms with Crippen LogP contribution >= 0.6 is 27.3 Å². The molecule has 0 spiro atoms. The van der Waals surface area contributed by atoms with E-state index in [-0.39, 0.29) is 11.8 Å². The van der Waals surface area contributed by atoms with Crippen molar-refractivity contribution < 1.29 is 4.79 Å². The Balaban J connectivity index is 2.28. The van der Waals surface area contributed by atoms with Crippen LogP contribution in [0.15, 0.2) is 15.9 Å². The highest BCUT2D eigenvalue weighted by Crippen LogP contribution is 2.19.